The second-order valence-corrected chi connectivity index (χ2v) is 13.5. The molecule has 1 saturated carbocycles. The third-order valence-corrected chi connectivity index (χ3v) is 9.52. The SMILES string of the molecule is COc1ccc(N(CC(=O)N(Cc2ccc(Cl)c(Cl)c2)C(Cc2ccccc2)C(=O)NC2CCCC2)S(C)(=O)=O)cc1OC. The van der Waals surface area contributed by atoms with Gasteiger partial charge in [0.05, 0.1) is 36.2 Å². The van der Waals surface area contributed by atoms with Crippen molar-refractivity contribution in [1.29, 1.82) is 0 Å². The van der Waals surface area contributed by atoms with Crippen LogP contribution in [0.4, 0.5) is 5.69 Å². The highest BCUT2D eigenvalue weighted by Gasteiger charge is 2.34. The van der Waals surface area contributed by atoms with Gasteiger partial charge in [-0.3, -0.25) is 13.9 Å². The summed E-state index contributed by atoms with van der Waals surface area (Å²) < 4.78 is 37.8. The highest BCUT2D eigenvalue weighted by atomic mass is 35.5. The van der Waals surface area contributed by atoms with Crippen molar-refractivity contribution >= 4 is 50.7 Å². The highest BCUT2D eigenvalue weighted by Crippen LogP contribution is 2.33. The summed E-state index contributed by atoms with van der Waals surface area (Å²) in [6.07, 6.45) is 5.03. The maximum atomic E-state index is 14.3. The quantitative estimate of drug-likeness (QED) is 0.260. The van der Waals surface area contributed by atoms with Gasteiger partial charge < -0.3 is 19.7 Å². The van der Waals surface area contributed by atoms with E-state index in [2.05, 4.69) is 5.32 Å². The average molecular weight is 663 g/mol. The Kier molecular flexibility index (Phi) is 11.4. The summed E-state index contributed by atoms with van der Waals surface area (Å²) in [6.45, 7) is -0.563. The number of hydrogen-bond donors (Lipinski definition) is 1. The number of nitrogens with one attached hydrogen (secondary N) is 1. The van der Waals surface area contributed by atoms with Gasteiger partial charge in [0.2, 0.25) is 21.8 Å². The predicted octanol–water partition coefficient (Wildman–Crippen LogP) is 5.48. The summed E-state index contributed by atoms with van der Waals surface area (Å²) in [5.74, 6) is -0.162. The van der Waals surface area contributed by atoms with E-state index in [1.807, 2.05) is 30.3 Å². The Balaban J connectivity index is 1.75. The van der Waals surface area contributed by atoms with Crippen LogP contribution in [0.15, 0.2) is 66.7 Å². The van der Waals surface area contributed by atoms with Gasteiger partial charge in [-0.05, 0) is 48.2 Å². The van der Waals surface area contributed by atoms with Crippen LogP contribution in [0.5, 0.6) is 11.5 Å². The Labute approximate surface area is 269 Å². The number of methoxy groups -OCH3 is 2. The summed E-state index contributed by atoms with van der Waals surface area (Å²) in [7, 11) is -1.04. The van der Waals surface area contributed by atoms with E-state index in [0.717, 1.165) is 41.8 Å². The van der Waals surface area contributed by atoms with Gasteiger partial charge in [-0.15, -0.1) is 0 Å². The van der Waals surface area contributed by atoms with Crippen molar-refractivity contribution in [3.05, 3.63) is 87.9 Å². The second kappa shape index (κ2) is 15.0. The molecule has 0 aromatic heterocycles. The first kappa shape index (κ1) is 33.4. The van der Waals surface area contributed by atoms with Crippen molar-refractivity contribution in [2.75, 3.05) is 31.3 Å². The van der Waals surface area contributed by atoms with E-state index in [-0.39, 0.29) is 30.6 Å². The molecule has 0 spiro atoms. The standard InChI is InChI=1S/C32H37Cl2N3O6S/c1-42-29-16-14-25(19-30(29)43-2)37(44(3,40)41)21-31(38)36(20-23-13-15-26(33)27(34)17-23)28(18-22-9-5-4-6-10-22)32(39)35-24-11-7-8-12-24/h4-6,9-10,13-17,19,24,28H,7-8,11-12,18,20-21H2,1-3H3,(H,35,39). The highest BCUT2D eigenvalue weighted by molar-refractivity contribution is 7.92. The minimum absolute atomic E-state index is 0.00511. The largest absolute Gasteiger partial charge is 0.493 e. The molecule has 1 N–H and O–H groups in total. The fourth-order valence-electron chi connectivity index (χ4n) is 5.35. The van der Waals surface area contributed by atoms with Crippen molar-refractivity contribution in [2.24, 2.45) is 0 Å². The summed E-state index contributed by atoms with van der Waals surface area (Å²) in [5.41, 5.74) is 1.70. The van der Waals surface area contributed by atoms with E-state index in [1.165, 1.54) is 31.3 Å². The van der Waals surface area contributed by atoms with Gasteiger partial charge in [0.15, 0.2) is 11.5 Å². The molecule has 236 valence electrons. The minimum atomic E-state index is -3.95. The maximum absolute atomic E-state index is 14.3. The van der Waals surface area contributed by atoms with Gasteiger partial charge in [0, 0.05) is 25.1 Å². The molecular formula is C32H37Cl2N3O6S. The first-order chi connectivity index (χ1) is 21.0. The molecule has 0 radical (unpaired) electrons. The Morgan fingerprint density at radius 1 is 0.909 bits per heavy atom. The molecule has 1 fully saturated rings. The van der Waals surface area contributed by atoms with Crippen molar-refractivity contribution in [3.63, 3.8) is 0 Å². The van der Waals surface area contributed by atoms with Gasteiger partial charge >= 0.3 is 0 Å². The van der Waals surface area contributed by atoms with E-state index in [9.17, 15) is 18.0 Å². The van der Waals surface area contributed by atoms with Crippen molar-refractivity contribution < 1.29 is 27.5 Å². The third-order valence-electron chi connectivity index (χ3n) is 7.64. The van der Waals surface area contributed by atoms with Crippen LogP contribution < -0.4 is 19.1 Å². The topological polar surface area (TPSA) is 105 Å². The van der Waals surface area contributed by atoms with E-state index in [1.54, 1.807) is 24.3 Å². The molecule has 1 aliphatic rings. The van der Waals surface area contributed by atoms with Crippen molar-refractivity contribution in [1.82, 2.24) is 10.2 Å². The zero-order chi connectivity index (χ0) is 31.9. The molecule has 44 heavy (non-hydrogen) atoms. The van der Waals surface area contributed by atoms with Crippen LogP contribution in [0.1, 0.15) is 36.8 Å². The molecule has 2 amide bonds. The molecule has 0 heterocycles. The number of hydrogen-bond acceptors (Lipinski definition) is 6. The van der Waals surface area contributed by atoms with Crippen LogP contribution >= 0.6 is 23.2 Å². The molecular weight excluding hydrogens is 625 g/mol. The summed E-state index contributed by atoms with van der Waals surface area (Å²) in [5, 5.41) is 3.79. The number of nitrogens with zero attached hydrogens (tertiary/aromatic N) is 2. The smallest absolute Gasteiger partial charge is 0.244 e. The maximum Gasteiger partial charge on any atom is 0.244 e. The van der Waals surface area contributed by atoms with Gasteiger partial charge in [-0.1, -0.05) is 72.4 Å². The normalized spacial score (nSPS) is 14.1. The van der Waals surface area contributed by atoms with Gasteiger partial charge in [-0.2, -0.15) is 0 Å². The third kappa shape index (κ3) is 8.58. The number of anilines is 1. The van der Waals surface area contributed by atoms with Crippen LogP contribution in [-0.4, -0.2) is 64.2 Å². The lowest BCUT2D eigenvalue weighted by Gasteiger charge is -2.34. The lowest BCUT2D eigenvalue weighted by atomic mass is 10.0. The number of carbonyl (C=O) groups excluding carboxylic acids is 2. The van der Waals surface area contributed by atoms with Crippen LogP contribution in [0.3, 0.4) is 0 Å². The first-order valence-electron chi connectivity index (χ1n) is 14.3. The zero-order valence-corrected chi connectivity index (χ0v) is 27.3. The minimum Gasteiger partial charge on any atom is -0.493 e. The van der Waals surface area contributed by atoms with E-state index in [4.69, 9.17) is 32.7 Å². The van der Waals surface area contributed by atoms with E-state index < -0.39 is 28.5 Å². The monoisotopic (exact) mass is 661 g/mol. The molecule has 1 atom stereocenters. The fraction of sp³-hybridized carbons (Fsp3) is 0.375. The van der Waals surface area contributed by atoms with Gasteiger partial charge in [-0.25, -0.2) is 8.42 Å². The predicted molar refractivity (Wildman–Crippen MR) is 173 cm³/mol. The lowest BCUT2D eigenvalue weighted by molar-refractivity contribution is -0.140. The van der Waals surface area contributed by atoms with Crippen LogP contribution in [-0.2, 0) is 32.6 Å². The molecule has 9 nitrogen and oxygen atoms in total. The van der Waals surface area contributed by atoms with Gasteiger partial charge in [0.1, 0.15) is 12.6 Å². The second-order valence-electron chi connectivity index (χ2n) is 10.8. The number of halogens is 2. The molecule has 12 heteroatoms. The number of rotatable bonds is 13. The Bertz CT molecular complexity index is 1570. The van der Waals surface area contributed by atoms with Gasteiger partial charge in [0.25, 0.3) is 0 Å². The molecule has 4 rings (SSSR count). The average Bonchev–Trinajstić information content (AvgIpc) is 3.52. The van der Waals surface area contributed by atoms with E-state index >= 15 is 0 Å². The molecule has 3 aromatic rings. The molecule has 0 bridgehead atoms. The first-order valence-corrected chi connectivity index (χ1v) is 16.9. The van der Waals surface area contributed by atoms with Crippen LogP contribution in [0, 0.1) is 0 Å². The number of carbonyl (C=O) groups is 2. The van der Waals surface area contributed by atoms with E-state index in [0.29, 0.717) is 27.1 Å². The van der Waals surface area contributed by atoms with Crippen LogP contribution in [0.25, 0.3) is 0 Å². The molecule has 1 aliphatic carbocycles. The molecule has 3 aromatic carbocycles. The lowest BCUT2D eigenvalue weighted by Crippen LogP contribution is -2.54. The number of ether oxygens (including phenoxy) is 2. The summed E-state index contributed by atoms with van der Waals surface area (Å²) in [4.78, 5) is 29.7. The Hall–Kier alpha value is -3.47. The number of amides is 2. The van der Waals surface area contributed by atoms with Crippen molar-refractivity contribution in [2.45, 2.75) is 50.7 Å². The fourth-order valence-corrected chi connectivity index (χ4v) is 6.51. The molecule has 0 aliphatic heterocycles. The Morgan fingerprint density at radius 2 is 1.59 bits per heavy atom. The number of benzene rings is 3. The summed E-state index contributed by atoms with van der Waals surface area (Å²) >= 11 is 12.5. The summed E-state index contributed by atoms with van der Waals surface area (Å²) in [6, 6.07) is 18.1. The number of sulfonamides is 1. The zero-order valence-electron chi connectivity index (χ0n) is 25.0. The van der Waals surface area contributed by atoms with Crippen molar-refractivity contribution in [3.8, 4) is 11.5 Å². The molecule has 0 saturated heterocycles. The molecule has 1 unspecified atom stereocenters. The van der Waals surface area contributed by atoms with Crippen LogP contribution in [0.2, 0.25) is 10.0 Å². The Morgan fingerprint density at radius 3 is 2.20 bits per heavy atom.